The van der Waals surface area contributed by atoms with Gasteiger partial charge in [0.25, 0.3) is 0 Å². The maximum absolute atomic E-state index is 12.6. The third-order valence-electron chi connectivity index (χ3n) is 6.11. The molecule has 2 fully saturated rings. The van der Waals surface area contributed by atoms with E-state index in [1.807, 2.05) is 18.5 Å². The lowest BCUT2D eigenvalue weighted by Crippen LogP contribution is -2.43. The van der Waals surface area contributed by atoms with Crippen molar-refractivity contribution in [3.05, 3.63) is 54.1 Å². The summed E-state index contributed by atoms with van der Waals surface area (Å²) in [6.45, 7) is 1.43. The Morgan fingerprint density at radius 3 is 2.93 bits per heavy atom. The number of aryl methyl sites for hydroxylation is 2. The average molecular weight is 367 g/mol. The first-order valence-electron chi connectivity index (χ1n) is 10.4. The molecular formula is C22H30N4O. The highest BCUT2D eigenvalue weighted by molar-refractivity contribution is 5.82. The number of hydrogen-bond acceptors (Lipinski definition) is 3. The lowest BCUT2D eigenvalue weighted by molar-refractivity contribution is -0.123. The van der Waals surface area contributed by atoms with Gasteiger partial charge >= 0.3 is 0 Å². The summed E-state index contributed by atoms with van der Waals surface area (Å²) in [5.41, 5.74) is 1.36. The molecule has 0 bridgehead atoms. The zero-order valence-electron chi connectivity index (χ0n) is 15.9. The quantitative estimate of drug-likeness (QED) is 0.792. The van der Waals surface area contributed by atoms with Crippen LogP contribution in [0.25, 0.3) is 0 Å². The van der Waals surface area contributed by atoms with Gasteiger partial charge in [-0.25, -0.2) is 4.98 Å². The molecule has 1 aromatic carbocycles. The van der Waals surface area contributed by atoms with Crippen LogP contribution in [0.3, 0.4) is 0 Å². The number of fused-ring (bicyclic) bond motifs is 1. The Labute approximate surface area is 161 Å². The highest BCUT2D eigenvalue weighted by Gasteiger charge is 2.38. The molecule has 2 heterocycles. The van der Waals surface area contributed by atoms with E-state index in [0.717, 1.165) is 31.6 Å². The molecule has 2 N–H and O–H groups in total. The van der Waals surface area contributed by atoms with Gasteiger partial charge in [-0.05, 0) is 43.6 Å². The van der Waals surface area contributed by atoms with Gasteiger partial charge in [-0.1, -0.05) is 43.2 Å². The zero-order valence-corrected chi connectivity index (χ0v) is 15.9. The summed E-state index contributed by atoms with van der Waals surface area (Å²) in [6.07, 6.45) is 12.0. The van der Waals surface area contributed by atoms with E-state index in [-0.39, 0.29) is 11.9 Å². The summed E-state index contributed by atoms with van der Waals surface area (Å²) < 4.78 is 2.16. The number of rotatable bonds is 7. The second-order valence-electron chi connectivity index (χ2n) is 7.95. The fourth-order valence-corrected chi connectivity index (χ4v) is 4.62. The van der Waals surface area contributed by atoms with Crippen LogP contribution in [-0.4, -0.2) is 27.5 Å². The molecule has 0 spiro atoms. The van der Waals surface area contributed by atoms with E-state index in [1.165, 1.54) is 31.2 Å². The molecule has 0 radical (unpaired) electrons. The Hall–Kier alpha value is -2.14. The molecular weight excluding hydrogens is 336 g/mol. The second-order valence-corrected chi connectivity index (χ2v) is 7.95. The lowest BCUT2D eigenvalue weighted by Gasteiger charge is -2.24. The molecule has 1 saturated carbocycles. The number of imidazole rings is 1. The molecule has 3 unspecified atom stereocenters. The largest absolute Gasteiger partial charge is 0.348 e. The SMILES string of the molecule is O=C(NCc1nccn1CCCc1ccccc1)C1CC2CCCCC2N1. The van der Waals surface area contributed by atoms with Gasteiger partial charge in [0.05, 0.1) is 12.6 Å². The van der Waals surface area contributed by atoms with E-state index in [0.29, 0.717) is 18.5 Å². The zero-order chi connectivity index (χ0) is 18.5. The molecule has 2 aliphatic rings. The summed E-state index contributed by atoms with van der Waals surface area (Å²) in [5, 5.41) is 6.65. The minimum absolute atomic E-state index is 0.0282. The molecule has 1 aromatic heterocycles. The predicted molar refractivity (Wildman–Crippen MR) is 106 cm³/mol. The van der Waals surface area contributed by atoms with Gasteiger partial charge in [0.2, 0.25) is 5.91 Å². The Kier molecular flexibility index (Phi) is 5.87. The van der Waals surface area contributed by atoms with Gasteiger partial charge in [0.1, 0.15) is 5.82 Å². The molecule has 27 heavy (non-hydrogen) atoms. The number of aromatic nitrogens is 2. The number of carbonyl (C=O) groups excluding carboxylic acids is 1. The maximum Gasteiger partial charge on any atom is 0.237 e. The van der Waals surface area contributed by atoms with Crippen LogP contribution < -0.4 is 10.6 Å². The monoisotopic (exact) mass is 366 g/mol. The van der Waals surface area contributed by atoms with Gasteiger partial charge in [-0.2, -0.15) is 0 Å². The maximum atomic E-state index is 12.6. The number of amides is 1. The highest BCUT2D eigenvalue weighted by Crippen LogP contribution is 2.33. The molecule has 3 atom stereocenters. The summed E-state index contributed by atoms with van der Waals surface area (Å²) in [6, 6.07) is 11.1. The Morgan fingerprint density at radius 2 is 2.07 bits per heavy atom. The Morgan fingerprint density at radius 1 is 1.22 bits per heavy atom. The summed E-state index contributed by atoms with van der Waals surface area (Å²) >= 11 is 0. The van der Waals surface area contributed by atoms with Gasteiger partial charge in [-0.15, -0.1) is 0 Å². The van der Waals surface area contributed by atoms with Crippen molar-refractivity contribution in [3.8, 4) is 0 Å². The van der Waals surface area contributed by atoms with Crippen LogP contribution in [-0.2, 0) is 24.3 Å². The number of hydrogen-bond donors (Lipinski definition) is 2. The van der Waals surface area contributed by atoms with Crippen molar-refractivity contribution in [1.29, 1.82) is 0 Å². The fraction of sp³-hybridized carbons (Fsp3) is 0.545. The van der Waals surface area contributed by atoms with Crippen molar-refractivity contribution >= 4 is 5.91 Å². The van der Waals surface area contributed by atoms with Crippen LogP contribution in [0, 0.1) is 5.92 Å². The molecule has 1 aliphatic heterocycles. The van der Waals surface area contributed by atoms with Crippen LogP contribution in [0.2, 0.25) is 0 Å². The minimum Gasteiger partial charge on any atom is -0.348 e. The second kappa shape index (κ2) is 8.70. The molecule has 1 saturated heterocycles. The average Bonchev–Trinajstić information content (AvgIpc) is 3.33. The third kappa shape index (κ3) is 4.59. The molecule has 4 rings (SSSR count). The summed E-state index contributed by atoms with van der Waals surface area (Å²) in [5.74, 6) is 1.75. The van der Waals surface area contributed by atoms with Gasteiger partial charge in [-0.3, -0.25) is 4.79 Å². The summed E-state index contributed by atoms with van der Waals surface area (Å²) in [4.78, 5) is 17.0. The lowest BCUT2D eigenvalue weighted by atomic mass is 9.85. The van der Waals surface area contributed by atoms with Crippen LogP contribution in [0.5, 0.6) is 0 Å². The van der Waals surface area contributed by atoms with Gasteiger partial charge < -0.3 is 15.2 Å². The normalized spacial score (nSPS) is 24.5. The van der Waals surface area contributed by atoms with E-state index < -0.39 is 0 Å². The van der Waals surface area contributed by atoms with Crippen molar-refractivity contribution < 1.29 is 4.79 Å². The Bertz CT molecular complexity index is 728. The van der Waals surface area contributed by atoms with Crippen molar-refractivity contribution in [2.75, 3.05) is 0 Å². The topological polar surface area (TPSA) is 59.0 Å². The molecule has 1 aliphatic carbocycles. The highest BCUT2D eigenvalue weighted by atomic mass is 16.2. The van der Waals surface area contributed by atoms with Crippen molar-refractivity contribution in [2.45, 2.75) is 70.1 Å². The first-order chi connectivity index (χ1) is 13.3. The van der Waals surface area contributed by atoms with E-state index in [4.69, 9.17) is 0 Å². The fourth-order valence-electron chi connectivity index (χ4n) is 4.62. The van der Waals surface area contributed by atoms with Gasteiger partial charge in [0.15, 0.2) is 0 Å². The minimum atomic E-state index is -0.0282. The standard InChI is InChI=1S/C22H30N4O/c27-22(20-15-18-10-4-5-11-19(18)25-20)24-16-21-23-12-14-26(21)13-6-9-17-7-2-1-3-8-17/h1-3,7-8,12,14,18-20,25H,4-6,9-11,13,15-16H2,(H,24,27). The van der Waals surface area contributed by atoms with Crippen molar-refractivity contribution in [2.24, 2.45) is 5.92 Å². The van der Waals surface area contributed by atoms with E-state index in [2.05, 4.69) is 44.5 Å². The van der Waals surface area contributed by atoms with Crippen LogP contribution in [0.1, 0.15) is 49.9 Å². The smallest absolute Gasteiger partial charge is 0.237 e. The van der Waals surface area contributed by atoms with Crippen molar-refractivity contribution in [1.82, 2.24) is 20.2 Å². The van der Waals surface area contributed by atoms with Crippen molar-refractivity contribution in [3.63, 3.8) is 0 Å². The van der Waals surface area contributed by atoms with E-state index in [9.17, 15) is 4.79 Å². The first-order valence-corrected chi connectivity index (χ1v) is 10.4. The number of benzene rings is 1. The van der Waals surface area contributed by atoms with Crippen LogP contribution in [0.4, 0.5) is 0 Å². The first kappa shape index (κ1) is 18.2. The third-order valence-corrected chi connectivity index (χ3v) is 6.11. The van der Waals surface area contributed by atoms with E-state index >= 15 is 0 Å². The van der Waals surface area contributed by atoms with Crippen LogP contribution >= 0.6 is 0 Å². The Balaban J connectivity index is 1.24. The molecule has 2 aromatic rings. The van der Waals surface area contributed by atoms with Crippen LogP contribution in [0.15, 0.2) is 42.7 Å². The summed E-state index contributed by atoms with van der Waals surface area (Å²) in [7, 11) is 0. The molecule has 1 amide bonds. The number of nitrogens with one attached hydrogen (secondary N) is 2. The van der Waals surface area contributed by atoms with E-state index in [1.54, 1.807) is 0 Å². The molecule has 5 heteroatoms. The molecule has 5 nitrogen and oxygen atoms in total. The number of carbonyl (C=O) groups is 1. The van der Waals surface area contributed by atoms with Gasteiger partial charge in [0, 0.05) is 25.0 Å². The number of nitrogens with zero attached hydrogens (tertiary/aromatic N) is 2. The molecule has 144 valence electrons. The predicted octanol–water partition coefficient (Wildman–Crippen LogP) is 3.05.